The van der Waals surface area contributed by atoms with Crippen molar-refractivity contribution in [3.8, 4) is 11.3 Å². The van der Waals surface area contributed by atoms with Gasteiger partial charge in [0.15, 0.2) is 0 Å². The molecule has 0 spiro atoms. The van der Waals surface area contributed by atoms with Gasteiger partial charge in [-0.1, -0.05) is 29.8 Å². The number of hydrogen-bond donors (Lipinski definition) is 2. The molecule has 1 fully saturated rings. The fourth-order valence-corrected chi connectivity index (χ4v) is 5.83. The van der Waals surface area contributed by atoms with E-state index in [9.17, 15) is 19.1 Å². The van der Waals surface area contributed by atoms with Crippen molar-refractivity contribution in [2.75, 3.05) is 31.7 Å². The number of nitrogens with zero attached hydrogens (tertiary/aromatic N) is 4. The van der Waals surface area contributed by atoms with Crippen molar-refractivity contribution in [2.45, 2.75) is 44.4 Å². The van der Waals surface area contributed by atoms with Crippen LogP contribution in [0.2, 0.25) is 5.02 Å². The van der Waals surface area contributed by atoms with E-state index in [1.807, 2.05) is 12.1 Å². The molecule has 6 rings (SSSR count). The van der Waals surface area contributed by atoms with Crippen molar-refractivity contribution < 1.29 is 23.8 Å². The van der Waals surface area contributed by atoms with Crippen LogP contribution >= 0.6 is 11.6 Å². The normalized spacial score (nSPS) is 19.0. The molecular formula is C29H29ClFN5O4. The Bertz CT molecular complexity index is 1460. The van der Waals surface area contributed by atoms with Gasteiger partial charge >= 0.3 is 0 Å². The summed E-state index contributed by atoms with van der Waals surface area (Å²) in [5.41, 5.74) is 4.11. The van der Waals surface area contributed by atoms with Gasteiger partial charge in [-0.05, 0) is 54.2 Å². The predicted octanol–water partition coefficient (Wildman–Crippen LogP) is 3.43. The second-order valence-electron chi connectivity index (χ2n) is 10.4. The molecule has 1 aromatic heterocycles. The van der Waals surface area contributed by atoms with Gasteiger partial charge in [-0.25, -0.2) is 14.4 Å². The molecule has 9 nitrogen and oxygen atoms in total. The highest BCUT2D eigenvalue weighted by molar-refractivity contribution is 6.33. The number of carbonyl (C=O) groups is 2. The molecule has 2 N–H and O–H groups in total. The lowest BCUT2D eigenvalue weighted by Crippen LogP contribution is -2.49. The molecule has 4 heterocycles. The predicted molar refractivity (Wildman–Crippen MR) is 146 cm³/mol. The van der Waals surface area contributed by atoms with E-state index in [4.69, 9.17) is 16.3 Å². The number of amides is 2. The number of halogens is 2. The largest absolute Gasteiger partial charge is 0.394 e. The first kappa shape index (κ1) is 26.6. The molecule has 208 valence electrons. The van der Waals surface area contributed by atoms with E-state index >= 15 is 0 Å². The van der Waals surface area contributed by atoms with Crippen molar-refractivity contribution >= 4 is 29.4 Å². The number of aliphatic hydroxyl groups excluding tert-OH is 1. The van der Waals surface area contributed by atoms with E-state index < -0.39 is 6.04 Å². The Morgan fingerprint density at radius 1 is 1.12 bits per heavy atom. The molecular weight excluding hydrogens is 537 g/mol. The average Bonchev–Trinajstić information content (AvgIpc) is 3.27. The van der Waals surface area contributed by atoms with E-state index in [0.717, 1.165) is 24.0 Å². The molecule has 0 saturated carbocycles. The number of nitrogens with one attached hydrogen (secondary N) is 1. The van der Waals surface area contributed by atoms with Gasteiger partial charge in [0.2, 0.25) is 11.9 Å². The summed E-state index contributed by atoms with van der Waals surface area (Å²) in [6.45, 7) is 1.50. The van der Waals surface area contributed by atoms with Crippen LogP contribution in [0.15, 0.2) is 42.6 Å². The second-order valence-corrected chi connectivity index (χ2v) is 10.8. The minimum atomic E-state index is -0.430. The Labute approximate surface area is 235 Å². The van der Waals surface area contributed by atoms with E-state index in [1.54, 1.807) is 18.3 Å². The van der Waals surface area contributed by atoms with Crippen LogP contribution in [0.3, 0.4) is 0 Å². The van der Waals surface area contributed by atoms with Crippen LogP contribution in [-0.4, -0.2) is 75.1 Å². The fraction of sp³-hybridized carbons (Fsp3) is 0.379. The first-order chi connectivity index (χ1) is 19.4. The fourth-order valence-electron chi connectivity index (χ4n) is 5.63. The van der Waals surface area contributed by atoms with Crippen molar-refractivity contribution in [3.63, 3.8) is 0 Å². The van der Waals surface area contributed by atoms with Gasteiger partial charge in [-0.15, -0.1) is 0 Å². The summed E-state index contributed by atoms with van der Waals surface area (Å²) in [5, 5.41) is 13.6. The summed E-state index contributed by atoms with van der Waals surface area (Å²) in [6.07, 6.45) is 3.71. The number of aromatic nitrogens is 2. The van der Waals surface area contributed by atoms with E-state index in [-0.39, 0.29) is 49.9 Å². The van der Waals surface area contributed by atoms with Crippen LogP contribution in [0.1, 0.15) is 39.9 Å². The third-order valence-corrected chi connectivity index (χ3v) is 8.10. The number of fused-ring (bicyclic) bond motifs is 2. The molecule has 2 aromatic carbocycles. The topological polar surface area (TPSA) is 108 Å². The smallest absolute Gasteiger partial charge is 0.254 e. The average molecular weight is 566 g/mol. The van der Waals surface area contributed by atoms with E-state index in [2.05, 4.69) is 15.3 Å². The van der Waals surface area contributed by atoms with Gasteiger partial charge in [0.25, 0.3) is 5.91 Å². The number of ether oxygens (including phenoxy) is 1. The number of aliphatic hydroxyl groups is 1. The number of carbonyl (C=O) groups excluding carboxylic acids is 2. The number of rotatable bonds is 6. The van der Waals surface area contributed by atoms with Gasteiger partial charge in [0, 0.05) is 43.5 Å². The zero-order valence-corrected chi connectivity index (χ0v) is 22.5. The molecule has 0 radical (unpaired) electrons. The lowest BCUT2D eigenvalue weighted by Gasteiger charge is -2.36. The van der Waals surface area contributed by atoms with E-state index in [0.29, 0.717) is 53.0 Å². The van der Waals surface area contributed by atoms with Crippen LogP contribution in [0, 0.1) is 5.82 Å². The van der Waals surface area contributed by atoms with Gasteiger partial charge in [-0.2, -0.15) is 0 Å². The Balaban J connectivity index is 1.18. The maximum absolute atomic E-state index is 13.8. The van der Waals surface area contributed by atoms with Crippen LogP contribution in [0.4, 0.5) is 10.3 Å². The third-order valence-electron chi connectivity index (χ3n) is 7.82. The van der Waals surface area contributed by atoms with Crippen LogP contribution < -0.4 is 5.32 Å². The maximum Gasteiger partial charge on any atom is 0.254 e. The number of hydrogen-bond acceptors (Lipinski definition) is 7. The maximum atomic E-state index is 13.8. The lowest BCUT2D eigenvalue weighted by atomic mass is 9.94. The summed E-state index contributed by atoms with van der Waals surface area (Å²) < 4.78 is 19.2. The number of benzene rings is 2. The van der Waals surface area contributed by atoms with Crippen LogP contribution in [-0.2, 0) is 29.0 Å². The molecule has 1 atom stereocenters. The molecule has 0 aliphatic carbocycles. The van der Waals surface area contributed by atoms with Crippen molar-refractivity contribution in [1.29, 1.82) is 0 Å². The van der Waals surface area contributed by atoms with Crippen LogP contribution in [0.25, 0.3) is 11.3 Å². The van der Waals surface area contributed by atoms with Crippen molar-refractivity contribution in [3.05, 3.63) is 75.7 Å². The highest BCUT2D eigenvalue weighted by Crippen LogP contribution is 2.32. The zero-order chi connectivity index (χ0) is 27.8. The Hall–Kier alpha value is -3.60. The minimum absolute atomic E-state index is 0.141. The second kappa shape index (κ2) is 11.1. The van der Waals surface area contributed by atoms with Gasteiger partial charge in [-0.3, -0.25) is 9.59 Å². The molecule has 3 aliphatic rings. The summed E-state index contributed by atoms with van der Waals surface area (Å²) in [4.78, 5) is 38.7. The minimum Gasteiger partial charge on any atom is -0.394 e. The Kier molecular flexibility index (Phi) is 7.39. The van der Waals surface area contributed by atoms with Crippen LogP contribution in [0.5, 0.6) is 0 Å². The van der Waals surface area contributed by atoms with Crippen molar-refractivity contribution in [2.24, 2.45) is 0 Å². The van der Waals surface area contributed by atoms with Gasteiger partial charge in [0.1, 0.15) is 12.4 Å². The first-order valence-corrected chi connectivity index (χ1v) is 13.7. The summed E-state index contributed by atoms with van der Waals surface area (Å²) >= 11 is 6.46. The molecule has 3 aromatic rings. The summed E-state index contributed by atoms with van der Waals surface area (Å²) in [7, 11) is 0. The van der Waals surface area contributed by atoms with Gasteiger partial charge < -0.3 is 25.0 Å². The zero-order valence-electron chi connectivity index (χ0n) is 21.8. The Morgan fingerprint density at radius 2 is 1.93 bits per heavy atom. The summed E-state index contributed by atoms with van der Waals surface area (Å²) in [6, 6.07) is 9.76. The molecule has 0 bridgehead atoms. The SMILES string of the molecule is O=C1c2cc(-c3nc(NC4CCOCC4)ncc3Cl)ccc2CN1CC(=O)N1Cc2cc(F)ccc2C[C@H]1CO. The highest BCUT2D eigenvalue weighted by atomic mass is 35.5. The standard InChI is InChI=1S/C29H29ClFN5O4/c30-25-12-32-29(33-22-5-7-40-8-6-22)34-27(25)18-1-2-19-13-35(28(39)24(19)11-18)15-26(38)36-14-20-9-21(31)4-3-17(20)10-23(36)16-37/h1-4,9,11-12,22-23,37H,5-8,10,13-16H2,(H,32,33,34)/t23-/m0/s1. The molecule has 1 saturated heterocycles. The monoisotopic (exact) mass is 565 g/mol. The highest BCUT2D eigenvalue weighted by Gasteiger charge is 2.34. The molecule has 11 heteroatoms. The van der Waals surface area contributed by atoms with Crippen molar-refractivity contribution in [1.82, 2.24) is 19.8 Å². The van der Waals surface area contributed by atoms with E-state index in [1.165, 1.54) is 21.9 Å². The first-order valence-electron chi connectivity index (χ1n) is 13.4. The third kappa shape index (κ3) is 5.26. The number of anilines is 1. The molecule has 0 unspecified atom stereocenters. The molecule has 3 aliphatic heterocycles. The molecule has 40 heavy (non-hydrogen) atoms. The Morgan fingerprint density at radius 3 is 2.73 bits per heavy atom. The van der Waals surface area contributed by atoms with Gasteiger partial charge in [0.05, 0.1) is 29.6 Å². The molecule has 2 amide bonds. The lowest BCUT2D eigenvalue weighted by molar-refractivity contribution is -0.136. The quantitative estimate of drug-likeness (QED) is 0.471. The summed E-state index contributed by atoms with van der Waals surface area (Å²) in [5.74, 6) is -0.463.